The molecule has 1 aromatic carbocycles. The minimum Gasteiger partial charge on any atom is -0.464 e. The summed E-state index contributed by atoms with van der Waals surface area (Å²) in [5.41, 5.74) is 1.75. The summed E-state index contributed by atoms with van der Waals surface area (Å²) in [5.74, 6) is 0.499. The lowest BCUT2D eigenvalue weighted by Crippen LogP contribution is -1.85. The lowest BCUT2D eigenvalue weighted by molar-refractivity contribution is 0.580. The summed E-state index contributed by atoms with van der Waals surface area (Å²) >= 11 is 3.32. The van der Waals surface area contributed by atoms with E-state index in [-0.39, 0.29) is 5.82 Å². The van der Waals surface area contributed by atoms with Crippen LogP contribution < -0.4 is 0 Å². The molecule has 1 heterocycles. The van der Waals surface area contributed by atoms with Crippen LogP contribution >= 0.6 is 15.9 Å². The third-order valence-corrected chi connectivity index (χ3v) is 2.65. The number of rotatable bonds is 1. The van der Waals surface area contributed by atoms with E-state index in [4.69, 9.17) is 4.42 Å². The molecule has 0 radical (unpaired) electrons. The van der Waals surface area contributed by atoms with Crippen molar-refractivity contribution in [1.82, 2.24) is 0 Å². The van der Waals surface area contributed by atoms with Gasteiger partial charge in [-0.1, -0.05) is 0 Å². The summed E-state index contributed by atoms with van der Waals surface area (Å²) in [6, 6.07) is 6.59. The van der Waals surface area contributed by atoms with Crippen LogP contribution in [0.4, 0.5) is 4.39 Å². The number of halogens is 2. The Bertz CT molecular complexity index is 425. The van der Waals surface area contributed by atoms with Crippen LogP contribution in [0, 0.1) is 12.7 Å². The Labute approximate surface area is 89.7 Å². The van der Waals surface area contributed by atoms with Crippen molar-refractivity contribution in [2.45, 2.75) is 6.92 Å². The smallest absolute Gasteiger partial charge is 0.135 e. The standard InChI is InChI=1S/C11H8BrFO/c1-7-5-8(13)6-9(12)11(7)10-3-2-4-14-10/h2-6H,1H3. The molecule has 0 aliphatic carbocycles. The molecule has 72 valence electrons. The zero-order valence-corrected chi connectivity index (χ0v) is 9.14. The molecule has 0 fully saturated rings. The molecule has 1 aromatic heterocycles. The van der Waals surface area contributed by atoms with E-state index in [0.717, 1.165) is 16.9 Å². The Balaban J connectivity index is 2.64. The Morgan fingerprint density at radius 3 is 2.71 bits per heavy atom. The summed E-state index contributed by atoms with van der Waals surface area (Å²) in [6.45, 7) is 1.85. The van der Waals surface area contributed by atoms with Gasteiger partial charge < -0.3 is 4.42 Å². The third kappa shape index (κ3) is 1.60. The summed E-state index contributed by atoms with van der Waals surface area (Å²) < 4.78 is 19.0. The van der Waals surface area contributed by atoms with E-state index < -0.39 is 0 Å². The molecule has 0 aliphatic rings. The van der Waals surface area contributed by atoms with Crippen molar-refractivity contribution in [2.24, 2.45) is 0 Å². The van der Waals surface area contributed by atoms with Crippen molar-refractivity contribution in [3.63, 3.8) is 0 Å². The van der Waals surface area contributed by atoms with Gasteiger partial charge in [-0.3, -0.25) is 0 Å². The van der Waals surface area contributed by atoms with Crippen molar-refractivity contribution in [3.8, 4) is 11.3 Å². The van der Waals surface area contributed by atoms with Gasteiger partial charge in [-0.05, 0) is 52.7 Å². The van der Waals surface area contributed by atoms with Gasteiger partial charge in [0.05, 0.1) is 6.26 Å². The molecule has 0 spiro atoms. The fourth-order valence-corrected chi connectivity index (χ4v) is 2.16. The molecule has 0 bridgehead atoms. The van der Waals surface area contributed by atoms with Crippen LogP contribution in [0.25, 0.3) is 11.3 Å². The number of benzene rings is 1. The molecule has 1 nitrogen and oxygen atoms in total. The van der Waals surface area contributed by atoms with Gasteiger partial charge in [-0.25, -0.2) is 4.39 Å². The lowest BCUT2D eigenvalue weighted by atomic mass is 10.1. The number of aryl methyl sites for hydroxylation is 1. The molecule has 0 saturated carbocycles. The minimum atomic E-state index is -0.246. The molecule has 0 amide bonds. The molecule has 0 atom stereocenters. The van der Waals surface area contributed by atoms with E-state index in [2.05, 4.69) is 15.9 Å². The molecule has 3 heteroatoms. The zero-order chi connectivity index (χ0) is 10.1. The maximum atomic E-state index is 13.0. The highest BCUT2D eigenvalue weighted by Crippen LogP contribution is 2.32. The predicted octanol–water partition coefficient (Wildman–Crippen LogP) is 4.16. The van der Waals surface area contributed by atoms with E-state index in [0.29, 0.717) is 4.47 Å². The van der Waals surface area contributed by atoms with Gasteiger partial charge in [0.1, 0.15) is 11.6 Å². The first kappa shape index (κ1) is 9.46. The second-order valence-corrected chi connectivity index (χ2v) is 3.91. The monoisotopic (exact) mass is 254 g/mol. The average molecular weight is 255 g/mol. The zero-order valence-electron chi connectivity index (χ0n) is 7.55. The highest BCUT2D eigenvalue weighted by Gasteiger charge is 2.10. The van der Waals surface area contributed by atoms with Crippen molar-refractivity contribution in [2.75, 3.05) is 0 Å². The Morgan fingerprint density at radius 1 is 1.36 bits per heavy atom. The first-order valence-corrected chi connectivity index (χ1v) is 4.97. The van der Waals surface area contributed by atoms with Crippen molar-refractivity contribution in [3.05, 3.63) is 46.4 Å². The Kier molecular flexibility index (Phi) is 2.42. The fourth-order valence-electron chi connectivity index (χ4n) is 1.44. The van der Waals surface area contributed by atoms with E-state index in [1.54, 1.807) is 6.26 Å². The summed E-state index contributed by atoms with van der Waals surface area (Å²) in [5, 5.41) is 0. The molecule has 2 rings (SSSR count). The van der Waals surface area contributed by atoms with Crippen LogP contribution in [0.3, 0.4) is 0 Å². The number of furan rings is 1. The second-order valence-electron chi connectivity index (χ2n) is 3.06. The minimum absolute atomic E-state index is 0.246. The van der Waals surface area contributed by atoms with Gasteiger partial charge in [-0.15, -0.1) is 0 Å². The fraction of sp³-hybridized carbons (Fsp3) is 0.0909. The van der Waals surface area contributed by atoms with Crippen LogP contribution in [0.15, 0.2) is 39.4 Å². The van der Waals surface area contributed by atoms with Gasteiger partial charge in [0.2, 0.25) is 0 Å². The Hall–Kier alpha value is -1.09. The number of hydrogen-bond donors (Lipinski definition) is 0. The predicted molar refractivity (Wildman–Crippen MR) is 56.5 cm³/mol. The molecule has 14 heavy (non-hydrogen) atoms. The van der Waals surface area contributed by atoms with Crippen LogP contribution in [-0.4, -0.2) is 0 Å². The van der Waals surface area contributed by atoms with Crippen LogP contribution in [0.1, 0.15) is 5.56 Å². The van der Waals surface area contributed by atoms with Crippen molar-refractivity contribution in [1.29, 1.82) is 0 Å². The normalized spacial score (nSPS) is 10.5. The molecular formula is C11H8BrFO. The second kappa shape index (κ2) is 3.58. The highest BCUT2D eigenvalue weighted by molar-refractivity contribution is 9.10. The quantitative estimate of drug-likeness (QED) is 0.745. The molecular weight excluding hydrogens is 247 g/mol. The van der Waals surface area contributed by atoms with Gasteiger partial charge in [0, 0.05) is 10.0 Å². The summed E-state index contributed by atoms with van der Waals surface area (Å²) in [7, 11) is 0. The largest absolute Gasteiger partial charge is 0.464 e. The average Bonchev–Trinajstić information content (AvgIpc) is 2.54. The summed E-state index contributed by atoms with van der Waals surface area (Å²) in [6.07, 6.45) is 1.60. The summed E-state index contributed by atoms with van der Waals surface area (Å²) in [4.78, 5) is 0. The third-order valence-electron chi connectivity index (χ3n) is 2.02. The molecule has 0 unspecified atom stereocenters. The molecule has 0 N–H and O–H groups in total. The van der Waals surface area contributed by atoms with Gasteiger partial charge >= 0.3 is 0 Å². The van der Waals surface area contributed by atoms with Gasteiger partial charge in [-0.2, -0.15) is 0 Å². The molecule has 2 aromatic rings. The maximum absolute atomic E-state index is 13.0. The topological polar surface area (TPSA) is 13.1 Å². The van der Waals surface area contributed by atoms with E-state index >= 15 is 0 Å². The van der Waals surface area contributed by atoms with Gasteiger partial charge in [0.15, 0.2) is 0 Å². The van der Waals surface area contributed by atoms with Crippen molar-refractivity contribution >= 4 is 15.9 Å². The van der Waals surface area contributed by atoms with E-state index in [1.165, 1.54) is 12.1 Å². The first-order valence-electron chi connectivity index (χ1n) is 4.18. The van der Waals surface area contributed by atoms with E-state index in [1.807, 2.05) is 19.1 Å². The first-order chi connectivity index (χ1) is 6.68. The van der Waals surface area contributed by atoms with Crippen LogP contribution in [-0.2, 0) is 0 Å². The number of hydrogen-bond acceptors (Lipinski definition) is 1. The Morgan fingerprint density at radius 2 is 2.14 bits per heavy atom. The lowest BCUT2D eigenvalue weighted by Gasteiger charge is -2.05. The van der Waals surface area contributed by atoms with Gasteiger partial charge in [0.25, 0.3) is 0 Å². The van der Waals surface area contributed by atoms with Crippen LogP contribution in [0.5, 0.6) is 0 Å². The van der Waals surface area contributed by atoms with E-state index in [9.17, 15) is 4.39 Å². The maximum Gasteiger partial charge on any atom is 0.135 e. The van der Waals surface area contributed by atoms with Crippen molar-refractivity contribution < 1.29 is 8.81 Å². The van der Waals surface area contributed by atoms with Crippen LogP contribution in [0.2, 0.25) is 0 Å². The molecule has 0 aliphatic heterocycles. The molecule has 0 saturated heterocycles. The highest BCUT2D eigenvalue weighted by atomic mass is 79.9. The SMILES string of the molecule is Cc1cc(F)cc(Br)c1-c1ccco1.